The molecule has 1 N–H and O–H groups in total. The molecule has 1 nitrogen and oxygen atoms in total. The summed E-state index contributed by atoms with van der Waals surface area (Å²) in [6.07, 6.45) is 49.7. The minimum absolute atomic E-state index is 0. The van der Waals surface area contributed by atoms with Gasteiger partial charge in [0.1, 0.15) is 0 Å². The molecule has 0 bridgehead atoms. The van der Waals surface area contributed by atoms with Gasteiger partial charge in [-0.3, -0.25) is 0 Å². The predicted octanol–water partition coefficient (Wildman–Crippen LogP) is 14.3. The van der Waals surface area contributed by atoms with Crippen molar-refractivity contribution in [2.75, 3.05) is 7.05 Å². The van der Waals surface area contributed by atoms with E-state index in [4.69, 9.17) is 0 Å². The van der Waals surface area contributed by atoms with Gasteiger partial charge in [0, 0.05) is 6.04 Å². The summed E-state index contributed by atoms with van der Waals surface area (Å²) < 4.78 is 0. The maximum atomic E-state index is 3.61. The largest absolute Gasteiger partial charge is 0.317 e. The van der Waals surface area contributed by atoms with Gasteiger partial charge >= 0.3 is 0 Å². The van der Waals surface area contributed by atoms with Gasteiger partial charge in [0.15, 0.2) is 0 Å². The first kappa shape index (κ1) is 42.4. The fourth-order valence-corrected chi connectivity index (χ4v) is 6.31. The summed E-state index contributed by atoms with van der Waals surface area (Å²) in [5.74, 6) is 0. The van der Waals surface area contributed by atoms with E-state index in [1.54, 1.807) is 0 Å². The third kappa shape index (κ3) is 36.3. The van der Waals surface area contributed by atoms with Gasteiger partial charge in [-0.15, -0.1) is 12.4 Å². The Morgan fingerprint density at radius 2 is 0.475 bits per heavy atom. The highest BCUT2D eigenvalue weighted by Crippen LogP contribution is 2.17. The molecule has 244 valence electrons. The maximum absolute atomic E-state index is 3.61. The van der Waals surface area contributed by atoms with E-state index in [1.165, 1.54) is 218 Å². The van der Waals surface area contributed by atoms with Crippen molar-refractivity contribution in [1.29, 1.82) is 0 Å². The molecule has 0 heterocycles. The number of hydrogen-bond donors (Lipinski definition) is 1. The van der Waals surface area contributed by atoms with Crippen LogP contribution in [0.25, 0.3) is 0 Å². The highest BCUT2D eigenvalue weighted by molar-refractivity contribution is 5.85. The fourth-order valence-electron chi connectivity index (χ4n) is 6.31. The van der Waals surface area contributed by atoms with Gasteiger partial charge in [-0.2, -0.15) is 0 Å². The van der Waals surface area contributed by atoms with Crippen LogP contribution in [-0.4, -0.2) is 13.1 Å². The Bertz CT molecular complexity index is 376. The highest BCUT2D eigenvalue weighted by Gasteiger charge is 2.05. The first-order chi connectivity index (χ1) is 19.3. The Kier molecular flexibility index (Phi) is 41.6. The van der Waals surface area contributed by atoms with Crippen molar-refractivity contribution in [1.82, 2.24) is 5.32 Å². The van der Waals surface area contributed by atoms with Crippen LogP contribution in [-0.2, 0) is 0 Å². The average Bonchev–Trinajstić information content (AvgIpc) is 2.95. The van der Waals surface area contributed by atoms with Gasteiger partial charge in [0.05, 0.1) is 0 Å². The van der Waals surface area contributed by atoms with Crippen molar-refractivity contribution < 1.29 is 0 Å². The lowest BCUT2D eigenvalue weighted by Gasteiger charge is -2.16. The van der Waals surface area contributed by atoms with Crippen molar-refractivity contribution in [3.05, 3.63) is 0 Å². The minimum atomic E-state index is 0. The Morgan fingerprint density at radius 3 is 0.650 bits per heavy atom. The zero-order valence-electron chi connectivity index (χ0n) is 28.5. The molecule has 0 amide bonds. The Hall–Kier alpha value is 0.250. The molecule has 0 aliphatic rings. The molecule has 2 heteroatoms. The fraction of sp³-hybridized carbons (Fsp3) is 1.00. The minimum Gasteiger partial charge on any atom is -0.317 e. The van der Waals surface area contributed by atoms with E-state index < -0.39 is 0 Å². The van der Waals surface area contributed by atoms with Crippen molar-refractivity contribution >= 4 is 12.4 Å². The van der Waals surface area contributed by atoms with Crippen LogP contribution in [0.1, 0.15) is 232 Å². The molecule has 0 aliphatic heterocycles. The Morgan fingerprint density at radius 1 is 0.300 bits per heavy atom. The predicted molar refractivity (Wildman–Crippen MR) is 188 cm³/mol. The first-order valence-corrected chi connectivity index (χ1v) is 19.0. The van der Waals surface area contributed by atoms with Crippen molar-refractivity contribution in [2.45, 2.75) is 238 Å². The molecule has 0 saturated heterocycles. The first-order valence-electron chi connectivity index (χ1n) is 19.0. The van der Waals surface area contributed by atoms with Gasteiger partial charge in [0.25, 0.3) is 0 Å². The third-order valence-corrected chi connectivity index (χ3v) is 9.22. The molecule has 0 aromatic rings. The summed E-state index contributed by atoms with van der Waals surface area (Å²) in [6, 6.07) is 0.767. The van der Waals surface area contributed by atoms with Crippen LogP contribution in [0.3, 0.4) is 0 Å². The second-order valence-corrected chi connectivity index (χ2v) is 13.2. The molecule has 0 atom stereocenters. The van der Waals surface area contributed by atoms with Crippen LogP contribution in [0.15, 0.2) is 0 Å². The lowest BCUT2D eigenvalue weighted by molar-refractivity contribution is 0.434. The summed E-state index contributed by atoms with van der Waals surface area (Å²) in [4.78, 5) is 0. The number of halogens is 1. The van der Waals surface area contributed by atoms with E-state index in [-0.39, 0.29) is 12.4 Å². The molecular formula is C38H80ClN. The summed E-state index contributed by atoms with van der Waals surface area (Å²) in [5.41, 5.74) is 0. The molecular weight excluding hydrogens is 506 g/mol. The molecule has 0 fully saturated rings. The van der Waals surface area contributed by atoms with Crippen molar-refractivity contribution in [3.63, 3.8) is 0 Å². The maximum Gasteiger partial charge on any atom is 0.00640 e. The zero-order chi connectivity index (χ0) is 28.3. The number of nitrogens with one attached hydrogen (secondary N) is 1. The Labute approximate surface area is 262 Å². The van der Waals surface area contributed by atoms with Crippen LogP contribution in [0.2, 0.25) is 0 Å². The van der Waals surface area contributed by atoms with Gasteiger partial charge in [-0.1, -0.05) is 219 Å². The van der Waals surface area contributed by atoms with Crippen molar-refractivity contribution in [3.8, 4) is 0 Å². The SMILES string of the molecule is CCCCCCCCCCCCCCCCCCC(CCCCCCCCCCCCCCCCCC)NC.Cl. The van der Waals surface area contributed by atoms with E-state index in [1.807, 2.05) is 0 Å². The van der Waals surface area contributed by atoms with Gasteiger partial charge < -0.3 is 5.32 Å². The quantitative estimate of drug-likeness (QED) is 0.0729. The molecule has 0 unspecified atom stereocenters. The highest BCUT2D eigenvalue weighted by atomic mass is 35.5. The summed E-state index contributed by atoms with van der Waals surface area (Å²) in [6.45, 7) is 4.62. The summed E-state index contributed by atoms with van der Waals surface area (Å²) >= 11 is 0. The summed E-state index contributed by atoms with van der Waals surface area (Å²) in [5, 5.41) is 3.61. The number of hydrogen-bond acceptors (Lipinski definition) is 1. The van der Waals surface area contributed by atoms with E-state index in [2.05, 4.69) is 26.2 Å². The van der Waals surface area contributed by atoms with Crippen LogP contribution in [0.4, 0.5) is 0 Å². The van der Waals surface area contributed by atoms with E-state index >= 15 is 0 Å². The number of rotatable bonds is 35. The summed E-state index contributed by atoms with van der Waals surface area (Å²) in [7, 11) is 2.18. The molecule has 0 aliphatic carbocycles. The van der Waals surface area contributed by atoms with E-state index in [9.17, 15) is 0 Å². The monoisotopic (exact) mass is 586 g/mol. The standard InChI is InChI=1S/C38H79N.ClH/c1-4-6-8-10-12-14-16-18-20-22-24-26-28-30-32-34-36-38(39-3)37-35-33-31-29-27-25-23-21-19-17-15-13-11-9-7-5-2;/h38-39H,4-37H2,1-3H3;1H. The van der Waals surface area contributed by atoms with Crippen LogP contribution in [0.5, 0.6) is 0 Å². The lowest BCUT2D eigenvalue weighted by atomic mass is 9.99. The van der Waals surface area contributed by atoms with Crippen LogP contribution in [0, 0.1) is 0 Å². The molecule has 0 aromatic heterocycles. The average molecular weight is 587 g/mol. The number of unbranched alkanes of at least 4 members (excludes halogenated alkanes) is 30. The van der Waals surface area contributed by atoms with Gasteiger partial charge in [-0.05, 0) is 19.9 Å². The zero-order valence-corrected chi connectivity index (χ0v) is 29.3. The van der Waals surface area contributed by atoms with Gasteiger partial charge in [0.2, 0.25) is 0 Å². The smallest absolute Gasteiger partial charge is 0.00640 e. The van der Waals surface area contributed by atoms with E-state index in [0.717, 1.165) is 6.04 Å². The normalized spacial score (nSPS) is 11.4. The Balaban J connectivity index is 0. The third-order valence-electron chi connectivity index (χ3n) is 9.22. The molecule has 0 saturated carbocycles. The second kappa shape index (κ2) is 39.2. The van der Waals surface area contributed by atoms with Crippen LogP contribution >= 0.6 is 12.4 Å². The molecule has 0 radical (unpaired) electrons. The lowest BCUT2D eigenvalue weighted by Crippen LogP contribution is -2.24. The second-order valence-electron chi connectivity index (χ2n) is 13.2. The topological polar surface area (TPSA) is 12.0 Å². The van der Waals surface area contributed by atoms with Gasteiger partial charge in [-0.25, -0.2) is 0 Å². The molecule has 0 rings (SSSR count). The van der Waals surface area contributed by atoms with E-state index in [0.29, 0.717) is 0 Å². The molecule has 0 aromatic carbocycles. The molecule has 0 spiro atoms. The molecule has 40 heavy (non-hydrogen) atoms. The van der Waals surface area contributed by atoms with Crippen molar-refractivity contribution in [2.24, 2.45) is 0 Å². The van der Waals surface area contributed by atoms with Crippen LogP contribution < -0.4 is 5.32 Å².